The number of nitrogens with one attached hydrogen (secondary N) is 2. The largest absolute Gasteiger partial charge is 0.354 e. The van der Waals surface area contributed by atoms with E-state index in [0.717, 1.165) is 6.54 Å². The summed E-state index contributed by atoms with van der Waals surface area (Å²) in [6, 6.07) is 0.475. The number of hydrogen-bond donors (Lipinski definition) is 2. The summed E-state index contributed by atoms with van der Waals surface area (Å²) in [5, 5.41) is 6.70. The Hall–Kier alpha value is -0.570. The predicted molar refractivity (Wildman–Crippen MR) is 83.6 cm³/mol. The highest BCUT2D eigenvalue weighted by atomic mass is 16.2. The molecule has 116 valence electrons. The second-order valence-corrected chi connectivity index (χ2v) is 7.01. The summed E-state index contributed by atoms with van der Waals surface area (Å²) in [7, 11) is 0. The Morgan fingerprint density at radius 3 is 2.40 bits per heavy atom. The van der Waals surface area contributed by atoms with Crippen molar-refractivity contribution < 1.29 is 4.79 Å². The van der Waals surface area contributed by atoms with Crippen molar-refractivity contribution in [3.63, 3.8) is 0 Å². The molecule has 3 unspecified atom stereocenters. The SMILES string of the molecule is CC(NC1CCCCC1C)C(=O)NCC1CCCCC1. The predicted octanol–water partition coefficient (Wildman–Crippen LogP) is 3.24. The van der Waals surface area contributed by atoms with Crippen LogP contribution < -0.4 is 10.6 Å². The van der Waals surface area contributed by atoms with E-state index in [1.807, 2.05) is 6.92 Å². The van der Waals surface area contributed by atoms with Gasteiger partial charge >= 0.3 is 0 Å². The molecule has 0 spiro atoms. The fraction of sp³-hybridized carbons (Fsp3) is 0.941. The van der Waals surface area contributed by atoms with E-state index in [1.165, 1.54) is 57.8 Å². The van der Waals surface area contributed by atoms with E-state index < -0.39 is 0 Å². The standard InChI is InChI=1S/C17H32N2O/c1-13-8-6-7-11-16(13)19-14(2)17(20)18-12-15-9-4-3-5-10-15/h13-16,19H,3-12H2,1-2H3,(H,18,20). The van der Waals surface area contributed by atoms with E-state index in [2.05, 4.69) is 17.6 Å². The van der Waals surface area contributed by atoms with Crippen LogP contribution in [0.4, 0.5) is 0 Å². The van der Waals surface area contributed by atoms with Gasteiger partial charge in [0.2, 0.25) is 5.91 Å². The molecule has 0 aromatic heterocycles. The van der Waals surface area contributed by atoms with Gasteiger partial charge in [-0.2, -0.15) is 0 Å². The van der Waals surface area contributed by atoms with E-state index in [-0.39, 0.29) is 11.9 Å². The lowest BCUT2D eigenvalue weighted by molar-refractivity contribution is -0.123. The van der Waals surface area contributed by atoms with Crippen molar-refractivity contribution in [2.24, 2.45) is 11.8 Å². The smallest absolute Gasteiger partial charge is 0.236 e. The maximum atomic E-state index is 12.2. The third-order valence-electron chi connectivity index (χ3n) is 5.26. The molecule has 0 aliphatic heterocycles. The monoisotopic (exact) mass is 280 g/mol. The van der Waals surface area contributed by atoms with Crippen LogP contribution in [0.1, 0.15) is 71.6 Å². The van der Waals surface area contributed by atoms with E-state index in [9.17, 15) is 4.79 Å². The Morgan fingerprint density at radius 2 is 1.70 bits per heavy atom. The number of amides is 1. The molecule has 2 fully saturated rings. The summed E-state index contributed by atoms with van der Waals surface area (Å²) in [5.74, 6) is 1.61. The molecular formula is C17H32N2O. The van der Waals surface area contributed by atoms with Gasteiger partial charge in [-0.1, -0.05) is 39.0 Å². The Morgan fingerprint density at radius 1 is 1.05 bits per heavy atom. The summed E-state index contributed by atoms with van der Waals surface area (Å²) < 4.78 is 0. The zero-order chi connectivity index (χ0) is 14.4. The van der Waals surface area contributed by atoms with Crippen molar-refractivity contribution >= 4 is 5.91 Å². The minimum Gasteiger partial charge on any atom is -0.354 e. The summed E-state index contributed by atoms with van der Waals surface area (Å²) in [4.78, 5) is 12.2. The lowest BCUT2D eigenvalue weighted by Crippen LogP contribution is -2.50. The molecule has 3 nitrogen and oxygen atoms in total. The van der Waals surface area contributed by atoms with E-state index in [4.69, 9.17) is 0 Å². The van der Waals surface area contributed by atoms with Crippen LogP contribution in [0, 0.1) is 11.8 Å². The van der Waals surface area contributed by atoms with Crippen LogP contribution in [0.25, 0.3) is 0 Å². The van der Waals surface area contributed by atoms with Gasteiger partial charge < -0.3 is 10.6 Å². The van der Waals surface area contributed by atoms with E-state index in [1.54, 1.807) is 0 Å². The summed E-state index contributed by atoms with van der Waals surface area (Å²) in [6.07, 6.45) is 11.8. The van der Waals surface area contributed by atoms with Gasteiger partial charge in [-0.3, -0.25) is 4.79 Å². The van der Waals surface area contributed by atoms with Gasteiger partial charge in [0.05, 0.1) is 6.04 Å². The molecule has 3 atom stereocenters. The molecule has 2 aliphatic carbocycles. The maximum absolute atomic E-state index is 12.2. The van der Waals surface area contributed by atoms with Crippen LogP contribution in [0.3, 0.4) is 0 Å². The molecule has 1 amide bonds. The molecule has 2 saturated carbocycles. The van der Waals surface area contributed by atoms with Crippen LogP contribution in [0.2, 0.25) is 0 Å². The first-order valence-corrected chi connectivity index (χ1v) is 8.70. The number of hydrogen-bond acceptors (Lipinski definition) is 2. The van der Waals surface area contributed by atoms with Gasteiger partial charge in [0.25, 0.3) is 0 Å². The molecule has 20 heavy (non-hydrogen) atoms. The second-order valence-electron chi connectivity index (χ2n) is 7.01. The van der Waals surface area contributed by atoms with Gasteiger partial charge in [-0.25, -0.2) is 0 Å². The molecule has 0 bridgehead atoms. The average molecular weight is 280 g/mol. The number of carbonyl (C=O) groups is 1. The van der Waals surface area contributed by atoms with Crippen LogP contribution >= 0.6 is 0 Å². The zero-order valence-corrected chi connectivity index (χ0v) is 13.3. The lowest BCUT2D eigenvalue weighted by Gasteiger charge is -2.32. The van der Waals surface area contributed by atoms with Gasteiger partial charge in [-0.05, 0) is 44.4 Å². The van der Waals surface area contributed by atoms with E-state index >= 15 is 0 Å². The second kappa shape index (κ2) is 8.02. The van der Waals surface area contributed by atoms with Crippen molar-refractivity contribution in [1.29, 1.82) is 0 Å². The van der Waals surface area contributed by atoms with Crippen molar-refractivity contribution in [2.75, 3.05) is 6.54 Å². The third kappa shape index (κ3) is 4.76. The molecule has 0 radical (unpaired) electrons. The fourth-order valence-electron chi connectivity index (χ4n) is 3.75. The normalized spacial score (nSPS) is 29.9. The molecule has 3 heteroatoms. The number of carbonyl (C=O) groups excluding carboxylic acids is 1. The third-order valence-corrected chi connectivity index (χ3v) is 5.26. The highest BCUT2D eigenvalue weighted by Gasteiger charge is 2.25. The Kier molecular flexibility index (Phi) is 6.34. The lowest BCUT2D eigenvalue weighted by atomic mass is 9.85. The molecule has 0 heterocycles. The Bertz CT molecular complexity index is 299. The van der Waals surface area contributed by atoms with Gasteiger partial charge in [0, 0.05) is 12.6 Å². The van der Waals surface area contributed by atoms with Gasteiger partial charge in [-0.15, -0.1) is 0 Å². The van der Waals surface area contributed by atoms with E-state index in [0.29, 0.717) is 17.9 Å². The van der Waals surface area contributed by atoms with Crippen LogP contribution in [0.15, 0.2) is 0 Å². The molecule has 2 rings (SSSR count). The quantitative estimate of drug-likeness (QED) is 0.811. The molecule has 2 aliphatic rings. The van der Waals surface area contributed by atoms with Crippen LogP contribution in [-0.4, -0.2) is 24.5 Å². The topological polar surface area (TPSA) is 41.1 Å². The highest BCUT2D eigenvalue weighted by molar-refractivity contribution is 5.81. The van der Waals surface area contributed by atoms with Crippen molar-refractivity contribution in [2.45, 2.75) is 83.7 Å². The average Bonchev–Trinajstić information content (AvgIpc) is 2.48. The minimum atomic E-state index is -0.0517. The molecule has 0 aromatic rings. The van der Waals surface area contributed by atoms with Gasteiger partial charge in [0.1, 0.15) is 0 Å². The van der Waals surface area contributed by atoms with Crippen molar-refractivity contribution in [3.05, 3.63) is 0 Å². The van der Waals surface area contributed by atoms with Crippen molar-refractivity contribution in [3.8, 4) is 0 Å². The Balaban J connectivity index is 1.68. The first kappa shape index (κ1) is 15.8. The van der Waals surface area contributed by atoms with Crippen LogP contribution in [0.5, 0.6) is 0 Å². The summed E-state index contributed by atoms with van der Waals surface area (Å²) >= 11 is 0. The maximum Gasteiger partial charge on any atom is 0.236 e. The minimum absolute atomic E-state index is 0.0517. The zero-order valence-electron chi connectivity index (χ0n) is 13.3. The molecular weight excluding hydrogens is 248 g/mol. The first-order valence-electron chi connectivity index (χ1n) is 8.70. The fourth-order valence-corrected chi connectivity index (χ4v) is 3.75. The molecule has 2 N–H and O–H groups in total. The number of rotatable bonds is 5. The Labute approximate surface area is 124 Å². The van der Waals surface area contributed by atoms with Crippen LogP contribution in [-0.2, 0) is 4.79 Å². The molecule has 0 aromatic carbocycles. The molecule has 0 saturated heterocycles. The van der Waals surface area contributed by atoms with Gasteiger partial charge in [0.15, 0.2) is 0 Å². The highest BCUT2D eigenvalue weighted by Crippen LogP contribution is 2.24. The van der Waals surface area contributed by atoms with Crippen molar-refractivity contribution in [1.82, 2.24) is 10.6 Å². The first-order chi connectivity index (χ1) is 9.66. The summed E-state index contributed by atoms with van der Waals surface area (Å²) in [5.41, 5.74) is 0. The summed E-state index contributed by atoms with van der Waals surface area (Å²) in [6.45, 7) is 5.20.